The maximum absolute atomic E-state index is 14.3. The molecule has 5 rings (SSSR count). The van der Waals surface area contributed by atoms with Gasteiger partial charge in [-0.25, -0.2) is 4.39 Å². The van der Waals surface area contributed by atoms with Gasteiger partial charge in [0.25, 0.3) is 5.91 Å². The maximum Gasteiger partial charge on any atom is 0.291 e. The van der Waals surface area contributed by atoms with E-state index < -0.39 is 0 Å². The summed E-state index contributed by atoms with van der Waals surface area (Å²) in [5.41, 5.74) is 3.47. The lowest BCUT2D eigenvalue weighted by Gasteiger charge is -2.36. The van der Waals surface area contributed by atoms with E-state index in [0.717, 1.165) is 61.3 Å². The molecule has 6 heteroatoms. The molecule has 4 nitrogen and oxygen atoms in total. The summed E-state index contributed by atoms with van der Waals surface area (Å²) < 4.78 is 19.6. The SMILES string of the molecule is O=C(Nc1sc2c(c1[C@H](c1cccc(F)c1)N1CCCCC1)CCCC2)c1ccco1. The molecule has 0 bridgehead atoms. The summed E-state index contributed by atoms with van der Waals surface area (Å²) in [6.45, 7) is 1.97. The number of hydrogen-bond acceptors (Lipinski definition) is 4. The van der Waals surface area contributed by atoms with Crippen LogP contribution in [0.15, 0.2) is 47.1 Å². The summed E-state index contributed by atoms with van der Waals surface area (Å²) in [6, 6.07) is 10.3. The van der Waals surface area contributed by atoms with E-state index in [9.17, 15) is 9.18 Å². The Labute approximate surface area is 186 Å². The highest BCUT2D eigenvalue weighted by molar-refractivity contribution is 7.16. The number of benzene rings is 1. The van der Waals surface area contributed by atoms with Gasteiger partial charge in [-0.2, -0.15) is 0 Å². The number of rotatable bonds is 5. The van der Waals surface area contributed by atoms with Crippen molar-refractivity contribution in [1.82, 2.24) is 4.90 Å². The molecule has 0 unspecified atom stereocenters. The number of fused-ring (bicyclic) bond motifs is 1. The van der Waals surface area contributed by atoms with Crippen LogP contribution in [0.4, 0.5) is 9.39 Å². The molecule has 3 heterocycles. The molecule has 1 aromatic carbocycles. The lowest BCUT2D eigenvalue weighted by Crippen LogP contribution is -2.35. The van der Waals surface area contributed by atoms with Gasteiger partial charge in [-0.05, 0) is 87.0 Å². The minimum absolute atomic E-state index is 0.0546. The fourth-order valence-electron chi connectivity index (χ4n) is 4.96. The molecule has 31 heavy (non-hydrogen) atoms. The monoisotopic (exact) mass is 438 g/mol. The largest absolute Gasteiger partial charge is 0.459 e. The lowest BCUT2D eigenvalue weighted by atomic mass is 9.88. The molecule has 0 saturated carbocycles. The average molecular weight is 439 g/mol. The number of carbonyl (C=O) groups is 1. The number of thiophene rings is 1. The number of halogens is 1. The number of likely N-dealkylation sites (tertiary alicyclic amines) is 1. The summed E-state index contributed by atoms with van der Waals surface area (Å²) >= 11 is 1.68. The van der Waals surface area contributed by atoms with Crippen LogP contribution in [0.2, 0.25) is 0 Å². The number of carbonyl (C=O) groups excluding carboxylic acids is 1. The van der Waals surface area contributed by atoms with Crippen LogP contribution in [-0.2, 0) is 12.8 Å². The molecule has 0 radical (unpaired) electrons. The first-order valence-electron chi connectivity index (χ1n) is 11.2. The molecule has 1 aliphatic heterocycles. The van der Waals surface area contributed by atoms with Gasteiger partial charge in [0, 0.05) is 10.4 Å². The molecular weight excluding hydrogens is 411 g/mol. The number of nitrogens with zero attached hydrogens (tertiary/aromatic N) is 1. The van der Waals surface area contributed by atoms with Gasteiger partial charge >= 0.3 is 0 Å². The molecule has 162 valence electrons. The minimum atomic E-state index is -0.235. The molecule has 2 aromatic heterocycles. The molecule has 3 aromatic rings. The van der Waals surface area contributed by atoms with Gasteiger partial charge in [-0.3, -0.25) is 9.69 Å². The van der Waals surface area contributed by atoms with Crippen molar-refractivity contribution in [3.8, 4) is 0 Å². The number of aryl methyl sites for hydroxylation is 1. The second-order valence-electron chi connectivity index (χ2n) is 8.44. The Hall–Kier alpha value is -2.44. The normalized spacial score (nSPS) is 17.8. The van der Waals surface area contributed by atoms with Crippen molar-refractivity contribution in [3.05, 3.63) is 75.8 Å². The smallest absolute Gasteiger partial charge is 0.291 e. The number of nitrogens with one attached hydrogen (secondary N) is 1. The number of piperidine rings is 1. The van der Waals surface area contributed by atoms with Crippen LogP contribution in [0.25, 0.3) is 0 Å². The topological polar surface area (TPSA) is 45.5 Å². The zero-order chi connectivity index (χ0) is 21.2. The van der Waals surface area contributed by atoms with E-state index in [0.29, 0.717) is 5.76 Å². The third-order valence-electron chi connectivity index (χ3n) is 6.38. The van der Waals surface area contributed by atoms with Crippen LogP contribution >= 0.6 is 11.3 Å². The molecule has 1 N–H and O–H groups in total. The average Bonchev–Trinajstić information content (AvgIpc) is 3.44. The van der Waals surface area contributed by atoms with Crippen LogP contribution in [0.3, 0.4) is 0 Å². The lowest BCUT2D eigenvalue weighted by molar-refractivity contribution is 0.0996. The van der Waals surface area contributed by atoms with Crippen LogP contribution in [-0.4, -0.2) is 23.9 Å². The Morgan fingerprint density at radius 3 is 2.68 bits per heavy atom. The summed E-state index contributed by atoms with van der Waals surface area (Å²) in [5.74, 6) is -0.149. The van der Waals surface area contributed by atoms with Crippen molar-refractivity contribution in [1.29, 1.82) is 0 Å². The Kier molecular flexibility index (Phi) is 5.92. The van der Waals surface area contributed by atoms with Gasteiger partial charge in [-0.15, -0.1) is 11.3 Å². The van der Waals surface area contributed by atoms with Crippen molar-refractivity contribution in [2.24, 2.45) is 0 Å². The van der Waals surface area contributed by atoms with E-state index in [4.69, 9.17) is 4.42 Å². The van der Waals surface area contributed by atoms with Crippen molar-refractivity contribution < 1.29 is 13.6 Å². The fourth-order valence-corrected chi connectivity index (χ4v) is 6.27. The quantitative estimate of drug-likeness (QED) is 0.517. The third-order valence-corrected chi connectivity index (χ3v) is 7.60. The first-order chi connectivity index (χ1) is 15.2. The van der Waals surface area contributed by atoms with E-state index in [2.05, 4.69) is 10.2 Å². The molecule has 1 amide bonds. The van der Waals surface area contributed by atoms with Crippen molar-refractivity contribution >= 4 is 22.2 Å². The third kappa shape index (κ3) is 4.19. The Morgan fingerprint density at radius 1 is 1.06 bits per heavy atom. The highest BCUT2D eigenvalue weighted by Gasteiger charge is 2.33. The molecule has 1 fully saturated rings. The van der Waals surface area contributed by atoms with E-state index in [1.54, 1.807) is 35.6 Å². The van der Waals surface area contributed by atoms with Crippen LogP contribution in [0, 0.1) is 5.82 Å². The second kappa shape index (κ2) is 8.97. The highest BCUT2D eigenvalue weighted by Crippen LogP contribution is 2.46. The predicted molar refractivity (Wildman–Crippen MR) is 121 cm³/mol. The highest BCUT2D eigenvalue weighted by atomic mass is 32.1. The molecule has 0 spiro atoms. The van der Waals surface area contributed by atoms with Crippen molar-refractivity contribution in [2.45, 2.75) is 51.0 Å². The standard InChI is InChI=1S/C25H27FN2O2S/c26-18-9-6-8-17(16-18)23(28-13-4-1-5-14-28)22-19-10-2-3-12-21(19)31-25(22)27-24(29)20-11-7-15-30-20/h6-9,11,15-16,23H,1-5,10,12-14H2,(H,27,29)/t23-/m0/s1. The van der Waals surface area contributed by atoms with E-state index in [1.807, 2.05) is 6.07 Å². The molecular formula is C25H27FN2O2S. The zero-order valence-electron chi connectivity index (χ0n) is 17.5. The summed E-state index contributed by atoms with van der Waals surface area (Å²) in [6.07, 6.45) is 9.41. The van der Waals surface area contributed by atoms with E-state index in [-0.39, 0.29) is 17.8 Å². The maximum atomic E-state index is 14.3. The first kappa shape index (κ1) is 20.5. The first-order valence-corrected chi connectivity index (χ1v) is 12.0. The fraction of sp³-hybridized carbons (Fsp3) is 0.400. The van der Waals surface area contributed by atoms with Crippen LogP contribution < -0.4 is 5.32 Å². The van der Waals surface area contributed by atoms with Crippen LogP contribution in [0.5, 0.6) is 0 Å². The van der Waals surface area contributed by atoms with Gasteiger partial charge in [0.2, 0.25) is 0 Å². The number of amides is 1. The van der Waals surface area contributed by atoms with E-state index >= 15 is 0 Å². The Balaban J connectivity index is 1.62. The summed E-state index contributed by atoms with van der Waals surface area (Å²) in [5, 5.41) is 4.02. The Morgan fingerprint density at radius 2 is 1.90 bits per heavy atom. The molecule has 1 aliphatic carbocycles. The molecule has 2 aliphatic rings. The number of furan rings is 1. The second-order valence-corrected chi connectivity index (χ2v) is 9.54. The summed E-state index contributed by atoms with van der Waals surface area (Å²) in [7, 11) is 0. The van der Waals surface area contributed by atoms with Gasteiger partial charge in [0.1, 0.15) is 10.8 Å². The van der Waals surface area contributed by atoms with Gasteiger partial charge < -0.3 is 9.73 Å². The Bertz CT molecular complexity index is 1050. The predicted octanol–water partition coefficient (Wildman–Crippen LogP) is 6.19. The van der Waals surface area contributed by atoms with Gasteiger partial charge in [0.05, 0.1) is 12.3 Å². The van der Waals surface area contributed by atoms with Crippen LogP contribution in [0.1, 0.15) is 70.3 Å². The van der Waals surface area contributed by atoms with Gasteiger partial charge in [-0.1, -0.05) is 18.6 Å². The summed E-state index contributed by atoms with van der Waals surface area (Å²) in [4.78, 5) is 16.7. The van der Waals surface area contributed by atoms with E-state index in [1.165, 1.54) is 35.6 Å². The molecule has 1 saturated heterocycles. The minimum Gasteiger partial charge on any atom is -0.459 e. The number of anilines is 1. The number of hydrogen-bond donors (Lipinski definition) is 1. The van der Waals surface area contributed by atoms with Gasteiger partial charge in [0.15, 0.2) is 5.76 Å². The molecule has 1 atom stereocenters. The zero-order valence-corrected chi connectivity index (χ0v) is 18.3. The van der Waals surface area contributed by atoms with Crippen molar-refractivity contribution in [2.75, 3.05) is 18.4 Å². The van der Waals surface area contributed by atoms with Crippen molar-refractivity contribution in [3.63, 3.8) is 0 Å².